The Labute approximate surface area is 102 Å². The molecule has 2 atom stereocenters. The molecule has 2 N–H and O–H groups in total. The van der Waals surface area contributed by atoms with Gasteiger partial charge in [0.05, 0.1) is 12.1 Å². The molecule has 0 radical (unpaired) electrons. The van der Waals surface area contributed by atoms with Crippen LogP contribution in [0.3, 0.4) is 0 Å². The quantitative estimate of drug-likeness (QED) is 0.822. The summed E-state index contributed by atoms with van der Waals surface area (Å²) in [5, 5.41) is 3.33. The zero-order valence-electron chi connectivity index (χ0n) is 10.6. The summed E-state index contributed by atoms with van der Waals surface area (Å²) in [5.41, 5.74) is 0. The van der Waals surface area contributed by atoms with E-state index in [0.29, 0.717) is 0 Å². The molecule has 1 amide bonds. The number of nitrogens with one attached hydrogen (secondary N) is 2. The third kappa shape index (κ3) is 2.49. The number of carbonyl (C=O) groups is 1. The van der Waals surface area contributed by atoms with E-state index < -0.39 is 0 Å². The van der Waals surface area contributed by atoms with Gasteiger partial charge in [0.15, 0.2) is 0 Å². The lowest BCUT2D eigenvalue weighted by Crippen LogP contribution is -2.41. The first-order valence-electron chi connectivity index (χ1n) is 6.15. The number of hydrogen-bond donors (Lipinski definition) is 2. The maximum atomic E-state index is 12.1. The average molecular weight is 236 g/mol. The summed E-state index contributed by atoms with van der Waals surface area (Å²) in [6.45, 7) is 6.97. The van der Waals surface area contributed by atoms with Crippen molar-refractivity contribution >= 4 is 5.91 Å². The lowest BCUT2D eigenvalue weighted by Gasteiger charge is -2.22. The van der Waals surface area contributed by atoms with Crippen LogP contribution in [0, 0.1) is 0 Å². The summed E-state index contributed by atoms with van der Waals surface area (Å²) in [4.78, 5) is 21.3. The van der Waals surface area contributed by atoms with Crippen molar-refractivity contribution < 1.29 is 4.79 Å². The number of aromatic nitrogens is 2. The Hall–Kier alpha value is -1.36. The number of carbonyl (C=O) groups excluding carboxylic acids is 1. The minimum Gasteiger partial charge on any atom is -0.347 e. The maximum Gasteiger partial charge on any atom is 0.240 e. The van der Waals surface area contributed by atoms with E-state index in [1.165, 1.54) is 0 Å². The zero-order valence-corrected chi connectivity index (χ0v) is 10.6. The minimum atomic E-state index is -0.0718. The second kappa shape index (κ2) is 4.87. The molecule has 2 unspecified atom stereocenters. The molecule has 1 aromatic rings. The highest BCUT2D eigenvalue weighted by Gasteiger charge is 2.33. The van der Waals surface area contributed by atoms with Crippen molar-refractivity contribution in [2.24, 2.45) is 0 Å². The van der Waals surface area contributed by atoms with Gasteiger partial charge in [-0.25, -0.2) is 4.98 Å². The zero-order chi connectivity index (χ0) is 12.4. The van der Waals surface area contributed by atoms with Gasteiger partial charge in [-0.15, -0.1) is 0 Å². The monoisotopic (exact) mass is 236 g/mol. The Morgan fingerprint density at radius 2 is 2.29 bits per heavy atom. The lowest BCUT2D eigenvalue weighted by molar-refractivity contribution is -0.130. The van der Waals surface area contributed by atoms with Crippen LogP contribution in [0.5, 0.6) is 0 Å². The number of rotatable bonds is 4. The highest BCUT2D eigenvalue weighted by molar-refractivity contribution is 5.84. The molecular weight excluding hydrogens is 216 g/mol. The highest BCUT2D eigenvalue weighted by Crippen LogP contribution is 2.17. The van der Waals surface area contributed by atoms with E-state index >= 15 is 0 Å². The van der Waals surface area contributed by atoms with E-state index in [9.17, 15) is 4.79 Å². The van der Waals surface area contributed by atoms with Crippen molar-refractivity contribution in [2.75, 3.05) is 6.54 Å². The summed E-state index contributed by atoms with van der Waals surface area (Å²) in [6, 6.07) is 0.289. The molecule has 1 aliphatic heterocycles. The molecule has 0 saturated carbocycles. The summed E-state index contributed by atoms with van der Waals surface area (Å²) in [6.07, 6.45) is 4.40. The Bertz CT molecular complexity index is 374. The Kier molecular flexibility index (Phi) is 3.47. The SMILES string of the molecule is CC(NC1CCN(C(C)C)C1=O)c1ncc[nH]1. The van der Waals surface area contributed by atoms with Crippen LogP contribution in [0.2, 0.25) is 0 Å². The van der Waals surface area contributed by atoms with E-state index in [0.717, 1.165) is 18.8 Å². The number of nitrogens with zero attached hydrogens (tertiary/aromatic N) is 2. The fraction of sp³-hybridized carbons (Fsp3) is 0.667. The molecule has 1 aliphatic rings. The van der Waals surface area contributed by atoms with Gasteiger partial charge >= 0.3 is 0 Å². The second-order valence-corrected chi connectivity index (χ2v) is 4.83. The largest absolute Gasteiger partial charge is 0.347 e. The van der Waals surface area contributed by atoms with Gasteiger partial charge in [-0.05, 0) is 27.2 Å². The molecule has 2 heterocycles. The molecule has 0 aromatic carbocycles. The minimum absolute atomic E-state index is 0.0718. The fourth-order valence-electron chi connectivity index (χ4n) is 2.26. The Morgan fingerprint density at radius 1 is 1.53 bits per heavy atom. The van der Waals surface area contributed by atoms with Crippen molar-refractivity contribution in [2.45, 2.75) is 45.3 Å². The van der Waals surface area contributed by atoms with Gasteiger partial charge < -0.3 is 9.88 Å². The van der Waals surface area contributed by atoms with Gasteiger partial charge in [0, 0.05) is 25.0 Å². The van der Waals surface area contributed by atoms with Gasteiger partial charge in [-0.2, -0.15) is 0 Å². The number of imidazole rings is 1. The van der Waals surface area contributed by atoms with Gasteiger partial charge in [0.25, 0.3) is 0 Å². The van der Waals surface area contributed by atoms with E-state index in [1.54, 1.807) is 12.4 Å². The third-order valence-corrected chi connectivity index (χ3v) is 3.24. The van der Waals surface area contributed by atoms with Crippen LogP contribution in [0.15, 0.2) is 12.4 Å². The fourth-order valence-corrected chi connectivity index (χ4v) is 2.26. The standard InChI is InChI=1S/C12H20N4O/c1-8(2)16-7-4-10(12(16)17)15-9(3)11-13-5-6-14-11/h5-6,8-10,15H,4,7H2,1-3H3,(H,13,14). The maximum absolute atomic E-state index is 12.1. The smallest absolute Gasteiger partial charge is 0.240 e. The molecule has 0 aliphatic carbocycles. The van der Waals surface area contributed by atoms with Crippen LogP contribution >= 0.6 is 0 Å². The average Bonchev–Trinajstić information content (AvgIpc) is 2.89. The number of likely N-dealkylation sites (tertiary alicyclic amines) is 1. The molecule has 5 heteroatoms. The molecule has 0 spiro atoms. The number of H-pyrrole nitrogens is 1. The van der Waals surface area contributed by atoms with Gasteiger partial charge in [0.1, 0.15) is 5.82 Å². The molecule has 2 rings (SSSR count). The van der Waals surface area contributed by atoms with Gasteiger partial charge in [0.2, 0.25) is 5.91 Å². The van der Waals surface area contributed by atoms with Crippen LogP contribution in [0.1, 0.15) is 39.1 Å². The number of hydrogen-bond acceptors (Lipinski definition) is 3. The Balaban J connectivity index is 1.95. The summed E-state index contributed by atoms with van der Waals surface area (Å²) < 4.78 is 0. The predicted molar refractivity (Wildman–Crippen MR) is 65.4 cm³/mol. The Morgan fingerprint density at radius 3 is 2.82 bits per heavy atom. The van der Waals surface area contributed by atoms with E-state index in [2.05, 4.69) is 29.1 Å². The topological polar surface area (TPSA) is 61.0 Å². The van der Waals surface area contributed by atoms with Crippen molar-refractivity contribution in [1.29, 1.82) is 0 Å². The summed E-state index contributed by atoms with van der Waals surface area (Å²) in [5.74, 6) is 1.08. The second-order valence-electron chi connectivity index (χ2n) is 4.83. The van der Waals surface area contributed by atoms with Crippen molar-refractivity contribution in [3.8, 4) is 0 Å². The summed E-state index contributed by atoms with van der Waals surface area (Å²) >= 11 is 0. The third-order valence-electron chi connectivity index (χ3n) is 3.24. The number of amides is 1. The van der Waals surface area contributed by atoms with Crippen LogP contribution in [-0.4, -0.2) is 39.4 Å². The molecule has 94 valence electrons. The molecule has 5 nitrogen and oxygen atoms in total. The van der Waals surface area contributed by atoms with E-state index in [4.69, 9.17) is 0 Å². The first kappa shape index (κ1) is 12.1. The van der Waals surface area contributed by atoms with Gasteiger partial charge in [-0.3, -0.25) is 10.1 Å². The predicted octanol–water partition coefficient (Wildman–Crippen LogP) is 1.07. The van der Waals surface area contributed by atoms with Crippen LogP contribution < -0.4 is 5.32 Å². The van der Waals surface area contributed by atoms with Gasteiger partial charge in [-0.1, -0.05) is 0 Å². The normalized spacial score (nSPS) is 22.5. The van der Waals surface area contributed by atoms with Crippen molar-refractivity contribution in [3.63, 3.8) is 0 Å². The molecule has 1 fully saturated rings. The number of aromatic amines is 1. The highest BCUT2D eigenvalue weighted by atomic mass is 16.2. The molecule has 1 aromatic heterocycles. The van der Waals surface area contributed by atoms with Crippen molar-refractivity contribution in [1.82, 2.24) is 20.2 Å². The van der Waals surface area contributed by atoms with Crippen molar-refractivity contribution in [3.05, 3.63) is 18.2 Å². The van der Waals surface area contributed by atoms with Crippen LogP contribution in [0.25, 0.3) is 0 Å². The van der Waals surface area contributed by atoms with Crippen LogP contribution in [-0.2, 0) is 4.79 Å². The summed E-state index contributed by atoms with van der Waals surface area (Å²) in [7, 11) is 0. The first-order valence-corrected chi connectivity index (χ1v) is 6.15. The molecule has 0 bridgehead atoms. The molecular formula is C12H20N4O. The lowest BCUT2D eigenvalue weighted by atomic mass is 10.2. The van der Waals surface area contributed by atoms with E-state index in [1.807, 2.05) is 11.8 Å². The molecule has 1 saturated heterocycles. The van der Waals surface area contributed by atoms with E-state index in [-0.39, 0.29) is 24.0 Å². The molecule has 17 heavy (non-hydrogen) atoms. The first-order chi connectivity index (χ1) is 8.09. The van der Waals surface area contributed by atoms with Crippen LogP contribution in [0.4, 0.5) is 0 Å².